The summed E-state index contributed by atoms with van der Waals surface area (Å²) in [6.45, 7) is 0. The predicted molar refractivity (Wildman–Crippen MR) is 243 cm³/mol. The van der Waals surface area contributed by atoms with E-state index in [1.54, 1.807) is 0 Å². The lowest BCUT2D eigenvalue weighted by atomic mass is 9.99. The number of oxazole rings is 1. The zero-order valence-corrected chi connectivity index (χ0v) is 32.0. The van der Waals surface area contributed by atoms with E-state index in [0.29, 0.717) is 5.89 Å². The van der Waals surface area contributed by atoms with Gasteiger partial charge in [-0.25, -0.2) is 4.98 Å². The van der Waals surface area contributed by atoms with Crippen LogP contribution in [-0.2, 0) is 0 Å². The molecule has 11 aromatic rings. The topological polar surface area (TPSA) is 42.4 Å². The molecule has 4 heteroatoms. The van der Waals surface area contributed by atoms with Gasteiger partial charge in [0.25, 0.3) is 0 Å². The van der Waals surface area contributed by atoms with Crippen molar-refractivity contribution in [3.8, 4) is 56.0 Å². The molecule has 0 aliphatic heterocycles. The molecule has 0 bridgehead atoms. The first-order valence-electron chi connectivity index (χ1n) is 19.9. The summed E-state index contributed by atoms with van der Waals surface area (Å²) in [4.78, 5) is 7.11. The second kappa shape index (κ2) is 14.5. The van der Waals surface area contributed by atoms with E-state index in [-0.39, 0.29) is 0 Å². The Morgan fingerprint density at radius 3 is 1.42 bits per heavy atom. The van der Waals surface area contributed by atoms with Crippen LogP contribution in [0.3, 0.4) is 0 Å². The number of benzene rings is 9. The Bertz CT molecular complexity index is 3220. The van der Waals surface area contributed by atoms with Crippen LogP contribution in [0.2, 0.25) is 0 Å². The Morgan fingerprint density at radius 1 is 0.322 bits per heavy atom. The van der Waals surface area contributed by atoms with Gasteiger partial charge < -0.3 is 13.7 Å². The molecule has 59 heavy (non-hydrogen) atoms. The molecule has 0 N–H and O–H groups in total. The molecule has 0 unspecified atom stereocenters. The van der Waals surface area contributed by atoms with Crippen molar-refractivity contribution in [1.82, 2.24) is 4.98 Å². The average molecular weight is 757 g/mol. The summed E-state index contributed by atoms with van der Waals surface area (Å²) in [7, 11) is 0. The highest BCUT2D eigenvalue weighted by Crippen LogP contribution is 2.42. The average Bonchev–Trinajstić information content (AvgIpc) is 3.90. The van der Waals surface area contributed by atoms with Crippen LogP contribution in [0.5, 0.6) is 0 Å². The summed E-state index contributed by atoms with van der Waals surface area (Å²) >= 11 is 0. The molecule has 2 heterocycles. The maximum Gasteiger partial charge on any atom is 0.227 e. The standard InChI is InChI=1S/C55H36N2O2/c1-4-12-37(13-5-1)38-20-22-39(23-21-38)40-24-29-45(30-25-40)57(51-19-11-10-18-47(51)42-14-6-2-7-15-42)46-31-26-41(27-32-46)44-28-33-52-48(34-44)49-35-54-50(36-53(49)58-52)56-55(59-54)43-16-8-3-9-17-43/h1-36H. The van der Waals surface area contributed by atoms with Crippen LogP contribution in [-0.4, -0.2) is 4.98 Å². The molecule has 0 atom stereocenters. The predicted octanol–water partition coefficient (Wildman–Crippen LogP) is 15.5. The van der Waals surface area contributed by atoms with Crippen LogP contribution >= 0.6 is 0 Å². The minimum atomic E-state index is 0.601. The van der Waals surface area contributed by atoms with E-state index < -0.39 is 0 Å². The molecular formula is C55H36N2O2. The number of fused-ring (bicyclic) bond motifs is 4. The fraction of sp³-hybridized carbons (Fsp3) is 0. The SMILES string of the molecule is c1ccc(-c2ccc(-c3ccc(N(c4ccc(-c5ccc6oc7cc8nc(-c9ccccc9)oc8cc7c6c5)cc4)c4ccccc4-c4ccccc4)cc3)cc2)cc1. The number of rotatable bonds is 8. The van der Waals surface area contributed by atoms with Crippen LogP contribution in [0.4, 0.5) is 17.1 Å². The fourth-order valence-electron chi connectivity index (χ4n) is 8.13. The summed E-state index contributed by atoms with van der Waals surface area (Å²) in [6.07, 6.45) is 0. The van der Waals surface area contributed by atoms with Crippen molar-refractivity contribution in [3.63, 3.8) is 0 Å². The second-order valence-electron chi connectivity index (χ2n) is 14.8. The van der Waals surface area contributed by atoms with E-state index in [1.807, 2.05) is 36.4 Å². The van der Waals surface area contributed by atoms with Crippen molar-refractivity contribution < 1.29 is 8.83 Å². The van der Waals surface area contributed by atoms with Crippen molar-refractivity contribution in [1.29, 1.82) is 0 Å². The van der Waals surface area contributed by atoms with Gasteiger partial charge in [-0.15, -0.1) is 0 Å². The number of anilines is 3. The van der Waals surface area contributed by atoms with Crippen molar-refractivity contribution >= 4 is 50.1 Å². The van der Waals surface area contributed by atoms with Gasteiger partial charge in [-0.1, -0.05) is 152 Å². The molecule has 0 aliphatic rings. The van der Waals surface area contributed by atoms with Gasteiger partial charge in [-0.05, 0) is 99.6 Å². The Kier molecular flexibility index (Phi) is 8.45. The molecule has 11 rings (SSSR count). The van der Waals surface area contributed by atoms with Gasteiger partial charge in [0.15, 0.2) is 5.58 Å². The second-order valence-corrected chi connectivity index (χ2v) is 14.8. The molecule has 0 fully saturated rings. The van der Waals surface area contributed by atoms with Crippen LogP contribution in [0.15, 0.2) is 227 Å². The molecule has 9 aromatic carbocycles. The first-order valence-corrected chi connectivity index (χ1v) is 19.9. The van der Waals surface area contributed by atoms with Crippen molar-refractivity contribution in [2.45, 2.75) is 0 Å². The van der Waals surface area contributed by atoms with Gasteiger partial charge in [0.2, 0.25) is 5.89 Å². The third kappa shape index (κ3) is 6.43. The van der Waals surface area contributed by atoms with Crippen molar-refractivity contribution in [3.05, 3.63) is 218 Å². The zero-order valence-electron chi connectivity index (χ0n) is 32.0. The Balaban J connectivity index is 0.952. The molecule has 2 aromatic heterocycles. The Hall–Kier alpha value is -7.95. The van der Waals surface area contributed by atoms with Gasteiger partial charge in [0.05, 0.1) is 5.69 Å². The normalized spacial score (nSPS) is 11.4. The van der Waals surface area contributed by atoms with E-state index in [0.717, 1.165) is 72.4 Å². The number of furan rings is 1. The quantitative estimate of drug-likeness (QED) is 0.155. The van der Waals surface area contributed by atoms with Gasteiger partial charge in [0, 0.05) is 39.3 Å². The van der Waals surface area contributed by atoms with Crippen LogP contribution in [0, 0.1) is 0 Å². The molecule has 0 spiro atoms. The minimum absolute atomic E-state index is 0.601. The molecule has 0 amide bonds. The highest BCUT2D eigenvalue weighted by atomic mass is 16.4. The fourth-order valence-corrected chi connectivity index (χ4v) is 8.13. The Morgan fingerprint density at radius 2 is 0.797 bits per heavy atom. The number of aromatic nitrogens is 1. The number of hydrogen-bond donors (Lipinski definition) is 0. The third-order valence-corrected chi connectivity index (χ3v) is 11.1. The van der Waals surface area contributed by atoms with Crippen LogP contribution in [0.1, 0.15) is 0 Å². The maximum atomic E-state index is 6.33. The summed E-state index contributed by atoms with van der Waals surface area (Å²) in [5.74, 6) is 0.601. The third-order valence-electron chi connectivity index (χ3n) is 11.1. The lowest BCUT2D eigenvalue weighted by molar-refractivity contribution is 0.620. The maximum absolute atomic E-state index is 6.33. The highest BCUT2D eigenvalue weighted by molar-refractivity contribution is 6.10. The van der Waals surface area contributed by atoms with Gasteiger partial charge in [0.1, 0.15) is 16.7 Å². The molecular weight excluding hydrogens is 721 g/mol. The summed E-state index contributed by atoms with van der Waals surface area (Å²) in [5, 5.41) is 2.04. The lowest BCUT2D eigenvalue weighted by Crippen LogP contribution is -2.11. The van der Waals surface area contributed by atoms with Gasteiger partial charge in [-0.2, -0.15) is 0 Å². The zero-order chi connectivity index (χ0) is 39.1. The van der Waals surface area contributed by atoms with Gasteiger partial charge in [-0.3, -0.25) is 0 Å². The van der Waals surface area contributed by atoms with E-state index in [9.17, 15) is 0 Å². The van der Waals surface area contributed by atoms with Crippen LogP contribution in [0.25, 0.3) is 89.0 Å². The summed E-state index contributed by atoms with van der Waals surface area (Å²) < 4.78 is 12.6. The first-order chi connectivity index (χ1) is 29.2. The number of nitrogens with zero attached hydrogens (tertiary/aromatic N) is 2. The lowest BCUT2D eigenvalue weighted by Gasteiger charge is -2.28. The van der Waals surface area contributed by atoms with Crippen molar-refractivity contribution in [2.75, 3.05) is 4.90 Å². The van der Waals surface area contributed by atoms with Crippen molar-refractivity contribution in [2.24, 2.45) is 0 Å². The molecule has 0 saturated heterocycles. The molecule has 0 aliphatic carbocycles. The van der Waals surface area contributed by atoms with E-state index in [1.165, 1.54) is 27.8 Å². The highest BCUT2D eigenvalue weighted by Gasteiger charge is 2.19. The van der Waals surface area contributed by atoms with Gasteiger partial charge >= 0.3 is 0 Å². The first kappa shape index (κ1) is 34.3. The summed E-state index contributed by atoms with van der Waals surface area (Å²) in [5.41, 5.74) is 16.6. The van der Waals surface area contributed by atoms with E-state index >= 15 is 0 Å². The largest absolute Gasteiger partial charge is 0.456 e. The monoisotopic (exact) mass is 756 g/mol. The smallest absolute Gasteiger partial charge is 0.227 e. The number of hydrogen-bond acceptors (Lipinski definition) is 4. The van der Waals surface area contributed by atoms with Crippen LogP contribution < -0.4 is 4.90 Å². The van der Waals surface area contributed by atoms with E-state index in [2.05, 4.69) is 187 Å². The molecule has 0 saturated carbocycles. The molecule has 0 radical (unpaired) electrons. The van der Waals surface area contributed by atoms with E-state index in [4.69, 9.17) is 13.8 Å². The molecule has 4 nitrogen and oxygen atoms in total. The summed E-state index contributed by atoms with van der Waals surface area (Å²) in [6, 6.07) is 76.7. The minimum Gasteiger partial charge on any atom is -0.456 e. The Labute approximate surface area is 341 Å². The molecule has 278 valence electrons. The number of para-hydroxylation sites is 1.